The van der Waals surface area contributed by atoms with Crippen LogP contribution in [0.3, 0.4) is 0 Å². The first-order valence-electron chi connectivity index (χ1n) is 6.21. The van der Waals surface area contributed by atoms with E-state index in [1.807, 2.05) is 26.8 Å². The zero-order chi connectivity index (χ0) is 15.6. The molecule has 0 aliphatic rings. The average molecular weight is 282 g/mol. The van der Waals surface area contributed by atoms with E-state index in [2.05, 4.69) is 20.6 Å². The fourth-order valence-electron chi connectivity index (χ4n) is 1.49. The Morgan fingerprint density at radius 1 is 1.50 bits per heavy atom. The first kappa shape index (κ1) is 17.8. The number of carbonyl (C=O) groups excluding carboxylic acids is 1. The third-order valence-corrected chi connectivity index (χ3v) is 2.50. The summed E-state index contributed by atoms with van der Waals surface area (Å²) in [6.45, 7) is 5.70. The Morgan fingerprint density at radius 2 is 2.10 bits per heavy atom. The van der Waals surface area contributed by atoms with Gasteiger partial charge in [0.25, 0.3) is 6.47 Å². The van der Waals surface area contributed by atoms with Crippen LogP contribution in [0.15, 0.2) is 12.3 Å². The van der Waals surface area contributed by atoms with Crippen molar-refractivity contribution in [3.8, 4) is 0 Å². The lowest BCUT2D eigenvalue weighted by atomic mass is 9.98. The van der Waals surface area contributed by atoms with Crippen LogP contribution in [-0.2, 0) is 9.59 Å². The summed E-state index contributed by atoms with van der Waals surface area (Å²) < 4.78 is 0. The van der Waals surface area contributed by atoms with Crippen molar-refractivity contribution in [2.45, 2.75) is 39.2 Å². The van der Waals surface area contributed by atoms with Crippen LogP contribution in [0.2, 0.25) is 0 Å². The first-order chi connectivity index (χ1) is 9.34. The fourth-order valence-corrected chi connectivity index (χ4v) is 1.49. The van der Waals surface area contributed by atoms with Crippen LogP contribution < -0.4 is 10.6 Å². The molecular weight excluding hydrogens is 260 g/mol. The van der Waals surface area contributed by atoms with Gasteiger partial charge in [-0.05, 0) is 33.3 Å². The van der Waals surface area contributed by atoms with E-state index < -0.39 is 0 Å². The topological polar surface area (TPSA) is 104 Å². The third-order valence-electron chi connectivity index (χ3n) is 2.50. The lowest BCUT2D eigenvalue weighted by Gasteiger charge is -2.26. The number of hydrogen-bond acceptors (Lipinski definition) is 5. The van der Waals surface area contributed by atoms with Crippen LogP contribution in [0.25, 0.3) is 0 Å². The number of rotatable bonds is 5. The maximum atomic E-state index is 11.2. The van der Waals surface area contributed by atoms with Crippen molar-refractivity contribution in [1.29, 1.82) is 0 Å². The Balaban J connectivity index is 0.00000110. The van der Waals surface area contributed by atoms with Gasteiger partial charge in [-0.2, -0.15) is 0 Å². The molecule has 0 aliphatic carbocycles. The number of nitrogens with one attached hydrogen (secondary N) is 2. The van der Waals surface area contributed by atoms with Gasteiger partial charge in [-0.25, -0.2) is 9.97 Å². The summed E-state index contributed by atoms with van der Waals surface area (Å²) in [7, 11) is 1.65. The zero-order valence-electron chi connectivity index (χ0n) is 12.3. The Kier molecular flexibility index (Phi) is 7.88. The number of nitrogens with zero attached hydrogens (tertiary/aromatic N) is 2. The van der Waals surface area contributed by atoms with Gasteiger partial charge in [0.2, 0.25) is 5.91 Å². The van der Waals surface area contributed by atoms with Gasteiger partial charge in [-0.3, -0.25) is 9.59 Å². The first-order valence-corrected chi connectivity index (χ1v) is 6.21. The number of amides is 1. The summed E-state index contributed by atoms with van der Waals surface area (Å²) in [5.74, 6) is 1.58. The molecular formula is C13H22N4O3. The van der Waals surface area contributed by atoms with Crippen LogP contribution in [0.4, 0.5) is 5.82 Å². The van der Waals surface area contributed by atoms with Gasteiger partial charge in [0, 0.05) is 25.2 Å². The highest BCUT2D eigenvalue weighted by atomic mass is 16.3. The van der Waals surface area contributed by atoms with Crippen molar-refractivity contribution >= 4 is 18.2 Å². The van der Waals surface area contributed by atoms with Crippen molar-refractivity contribution < 1.29 is 14.7 Å². The van der Waals surface area contributed by atoms with Gasteiger partial charge in [0.1, 0.15) is 11.6 Å². The molecule has 0 aliphatic heterocycles. The second-order valence-corrected chi connectivity index (χ2v) is 4.78. The average Bonchev–Trinajstić information content (AvgIpc) is 2.36. The smallest absolute Gasteiger partial charge is 0.290 e. The Hall–Kier alpha value is -2.18. The summed E-state index contributed by atoms with van der Waals surface area (Å²) in [5, 5.41) is 12.8. The molecule has 1 amide bonds. The molecule has 1 heterocycles. The van der Waals surface area contributed by atoms with Gasteiger partial charge in [-0.15, -0.1) is 0 Å². The second-order valence-electron chi connectivity index (χ2n) is 4.78. The molecule has 1 aromatic heterocycles. The van der Waals surface area contributed by atoms with E-state index >= 15 is 0 Å². The molecule has 1 rings (SSSR count). The number of hydrogen-bond donors (Lipinski definition) is 3. The van der Waals surface area contributed by atoms with Gasteiger partial charge >= 0.3 is 0 Å². The van der Waals surface area contributed by atoms with E-state index in [0.29, 0.717) is 6.42 Å². The van der Waals surface area contributed by atoms with E-state index in [9.17, 15) is 4.79 Å². The lowest BCUT2D eigenvalue weighted by Crippen LogP contribution is -2.33. The van der Waals surface area contributed by atoms with Crippen molar-refractivity contribution in [2.24, 2.45) is 0 Å². The molecule has 0 saturated carbocycles. The number of aromatic nitrogens is 2. The summed E-state index contributed by atoms with van der Waals surface area (Å²) in [4.78, 5) is 27.9. The molecule has 3 N–H and O–H groups in total. The molecule has 20 heavy (non-hydrogen) atoms. The number of carboxylic acid groups (broad SMARTS) is 1. The van der Waals surface area contributed by atoms with Gasteiger partial charge in [0.15, 0.2) is 0 Å². The maximum absolute atomic E-state index is 11.2. The van der Waals surface area contributed by atoms with Crippen LogP contribution in [0, 0.1) is 6.92 Å². The Morgan fingerprint density at radius 3 is 2.60 bits per heavy atom. The van der Waals surface area contributed by atoms with E-state index in [1.54, 1.807) is 13.2 Å². The molecule has 0 spiro atoms. The molecule has 0 radical (unpaired) electrons. The van der Waals surface area contributed by atoms with Crippen LogP contribution in [-0.4, -0.2) is 40.0 Å². The van der Waals surface area contributed by atoms with Crippen molar-refractivity contribution in [3.05, 3.63) is 18.1 Å². The molecule has 0 fully saturated rings. The van der Waals surface area contributed by atoms with Crippen LogP contribution >= 0.6 is 0 Å². The highest BCUT2D eigenvalue weighted by Crippen LogP contribution is 2.17. The molecule has 112 valence electrons. The van der Waals surface area contributed by atoms with Gasteiger partial charge in [-0.1, -0.05) is 0 Å². The van der Waals surface area contributed by atoms with Crippen molar-refractivity contribution in [3.63, 3.8) is 0 Å². The predicted octanol–water partition coefficient (Wildman–Crippen LogP) is 1.20. The molecule has 7 nitrogen and oxygen atoms in total. The highest BCUT2D eigenvalue weighted by molar-refractivity contribution is 5.75. The Bertz CT molecular complexity index is 435. The van der Waals surface area contributed by atoms with Crippen LogP contribution in [0.5, 0.6) is 0 Å². The molecule has 0 aromatic carbocycles. The number of anilines is 1. The highest BCUT2D eigenvalue weighted by Gasteiger charge is 2.19. The van der Waals surface area contributed by atoms with Crippen molar-refractivity contribution in [1.82, 2.24) is 15.3 Å². The molecule has 7 heteroatoms. The minimum Gasteiger partial charge on any atom is -0.483 e. The third kappa shape index (κ3) is 8.02. The summed E-state index contributed by atoms with van der Waals surface area (Å²) >= 11 is 0. The van der Waals surface area contributed by atoms with E-state index in [1.165, 1.54) is 0 Å². The van der Waals surface area contributed by atoms with Crippen molar-refractivity contribution in [2.75, 3.05) is 12.4 Å². The minimum atomic E-state index is -0.250. The molecule has 0 unspecified atom stereocenters. The molecule has 0 bridgehead atoms. The summed E-state index contributed by atoms with van der Waals surface area (Å²) in [5.41, 5.74) is -0.173. The summed E-state index contributed by atoms with van der Waals surface area (Å²) in [6.07, 6.45) is 2.97. The molecule has 1 aromatic rings. The SMILES string of the molecule is CNC(=O)CCC(C)(C)Nc1ccnc(C)n1.O=CO. The molecule has 0 saturated heterocycles. The van der Waals surface area contributed by atoms with Crippen LogP contribution in [0.1, 0.15) is 32.5 Å². The lowest BCUT2D eigenvalue weighted by molar-refractivity contribution is -0.123. The molecule has 0 atom stereocenters. The number of aryl methyl sites for hydroxylation is 1. The van der Waals surface area contributed by atoms with Gasteiger partial charge in [0.05, 0.1) is 0 Å². The minimum absolute atomic E-state index is 0.0544. The quantitative estimate of drug-likeness (QED) is 0.701. The summed E-state index contributed by atoms with van der Waals surface area (Å²) in [6, 6.07) is 1.83. The monoisotopic (exact) mass is 282 g/mol. The Labute approximate surface area is 118 Å². The van der Waals surface area contributed by atoms with E-state index in [0.717, 1.165) is 18.1 Å². The second kappa shape index (κ2) is 8.84. The fraction of sp³-hybridized carbons (Fsp3) is 0.538. The zero-order valence-corrected chi connectivity index (χ0v) is 12.3. The van der Waals surface area contributed by atoms with E-state index in [4.69, 9.17) is 9.90 Å². The van der Waals surface area contributed by atoms with Gasteiger partial charge < -0.3 is 15.7 Å². The largest absolute Gasteiger partial charge is 0.483 e. The normalized spacial score (nSPS) is 10.0. The standard InChI is InChI=1S/C12H20N4O.CH2O2/c1-9-14-8-6-10(15-9)16-12(2,3)7-5-11(17)13-4;2-1-3/h6,8H,5,7H2,1-4H3,(H,13,17)(H,14,15,16);1H,(H,2,3). The predicted molar refractivity (Wildman–Crippen MR) is 76.5 cm³/mol. The maximum Gasteiger partial charge on any atom is 0.290 e. The number of carbonyl (C=O) groups is 2. The van der Waals surface area contributed by atoms with E-state index in [-0.39, 0.29) is 17.9 Å².